The lowest BCUT2D eigenvalue weighted by atomic mass is 10.2. The van der Waals surface area contributed by atoms with Crippen LogP contribution < -0.4 is 10.2 Å². The average molecular weight is 331 g/mol. The lowest BCUT2D eigenvalue weighted by Gasteiger charge is -2.18. The molecule has 0 saturated carbocycles. The summed E-state index contributed by atoms with van der Waals surface area (Å²) in [6.45, 7) is 2.77. The molecule has 1 aromatic carbocycles. The van der Waals surface area contributed by atoms with E-state index in [1.165, 1.54) is 12.8 Å². The summed E-state index contributed by atoms with van der Waals surface area (Å²) < 4.78 is 0. The summed E-state index contributed by atoms with van der Waals surface area (Å²) in [5.41, 5.74) is 2.02. The van der Waals surface area contributed by atoms with Gasteiger partial charge in [0.15, 0.2) is 5.82 Å². The van der Waals surface area contributed by atoms with Crippen LogP contribution in [0.2, 0.25) is 0 Å². The summed E-state index contributed by atoms with van der Waals surface area (Å²) in [4.78, 5) is 16.2. The molecule has 3 aromatic rings. The number of hydrogen-bond acceptors (Lipinski definition) is 5. The Labute approximate surface area is 147 Å². The molecule has 25 heavy (non-hydrogen) atoms. The molecule has 0 radical (unpaired) electrons. The molecule has 126 valence electrons. The molecule has 3 heterocycles. The van der Waals surface area contributed by atoms with Crippen molar-refractivity contribution in [1.29, 1.82) is 0 Å². The van der Waals surface area contributed by atoms with Gasteiger partial charge in [0.2, 0.25) is 0 Å². The van der Waals surface area contributed by atoms with Crippen LogP contribution in [0.25, 0.3) is 11.4 Å². The number of aromatic nitrogens is 3. The van der Waals surface area contributed by atoms with Gasteiger partial charge in [0.25, 0.3) is 0 Å². The Morgan fingerprint density at radius 1 is 0.920 bits per heavy atom. The highest BCUT2D eigenvalue weighted by atomic mass is 15.2. The van der Waals surface area contributed by atoms with Crippen molar-refractivity contribution in [2.24, 2.45) is 0 Å². The fourth-order valence-electron chi connectivity index (χ4n) is 3.03. The van der Waals surface area contributed by atoms with Crippen molar-refractivity contribution in [3.8, 4) is 11.4 Å². The maximum Gasteiger partial charge on any atom is 0.163 e. The van der Waals surface area contributed by atoms with Gasteiger partial charge in [0, 0.05) is 30.9 Å². The molecule has 1 saturated heterocycles. The van der Waals surface area contributed by atoms with E-state index in [4.69, 9.17) is 9.97 Å². The lowest BCUT2D eigenvalue weighted by molar-refractivity contribution is 0.926. The molecular weight excluding hydrogens is 310 g/mol. The number of nitrogens with zero attached hydrogens (tertiary/aromatic N) is 4. The summed E-state index contributed by atoms with van der Waals surface area (Å²) >= 11 is 0. The SMILES string of the molecule is c1ccc(-c2nc(NCc3ccccn3)cc(N3CCCC3)n2)cc1. The smallest absolute Gasteiger partial charge is 0.163 e. The highest BCUT2D eigenvalue weighted by Crippen LogP contribution is 2.25. The topological polar surface area (TPSA) is 53.9 Å². The van der Waals surface area contributed by atoms with E-state index in [0.717, 1.165) is 41.8 Å². The van der Waals surface area contributed by atoms with E-state index in [0.29, 0.717) is 6.54 Å². The molecule has 1 aliphatic heterocycles. The molecule has 0 atom stereocenters. The van der Waals surface area contributed by atoms with Gasteiger partial charge >= 0.3 is 0 Å². The molecule has 1 fully saturated rings. The van der Waals surface area contributed by atoms with Crippen molar-refractivity contribution in [3.63, 3.8) is 0 Å². The summed E-state index contributed by atoms with van der Waals surface area (Å²) in [6.07, 6.45) is 4.25. The number of hydrogen-bond donors (Lipinski definition) is 1. The largest absolute Gasteiger partial charge is 0.364 e. The average Bonchev–Trinajstić information content (AvgIpc) is 3.23. The van der Waals surface area contributed by atoms with Gasteiger partial charge in [-0.3, -0.25) is 4.98 Å². The first kappa shape index (κ1) is 15.6. The van der Waals surface area contributed by atoms with Crippen LogP contribution in [-0.2, 0) is 6.54 Å². The van der Waals surface area contributed by atoms with Gasteiger partial charge < -0.3 is 10.2 Å². The zero-order chi connectivity index (χ0) is 16.9. The third-order valence-corrected chi connectivity index (χ3v) is 4.35. The van der Waals surface area contributed by atoms with Crippen LogP contribution in [0, 0.1) is 0 Å². The minimum Gasteiger partial charge on any atom is -0.364 e. The van der Waals surface area contributed by atoms with Crippen molar-refractivity contribution in [3.05, 3.63) is 66.5 Å². The van der Waals surface area contributed by atoms with Gasteiger partial charge in [-0.05, 0) is 25.0 Å². The van der Waals surface area contributed by atoms with Gasteiger partial charge in [0.1, 0.15) is 11.6 Å². The van der Waals surface area contributed by atoms with E-state index in [9.17, 15) is 0 Å². The molecule has 4 rings (SSSR count). The second-order valence-corrected chi connectivity index (χ2v) is 6.17. The molecule has 0 amide bonds. The van der Waals surface area contributed by atoms with Crippen LogP contribution in [0.15, 0.2) is 60.8 Å². The van der Waals surface area contributed by atoms with Crippen LogP contribution in [0.5, 0.6) is 0 Å². The highest BCUT2D eigenvalue weighted by molar-refractivity contribution is 5.62. The number of pyridine rings is 1. The molecule has 1 aliphatic rings. The van der Waals surface area contributed by atoms with Crippen molar-refractivity contribution in [1.82, 2.24) is 15.0 Å². The van der Waals surface area contributed by atoms with Crippen molar-refractivity contribution < 1.29 is 0 Å². The van der Waals surface area contributed by atoms with E-state index < -0.39 is 0 Å². The Balaban J connectivity index is 1.63. The molecular formula is C20H21N5. The third kappa shape index (κ3) is 3.76. The van der Waals surface area contributed by atoms with Gasteiger partial charge in [-0.2, -0.15) is 0 Å². The fourth-order valence-corrected chi connectivity index (χ4v) is 3.03. The Morgan fingerprint density at radius 2 is 1.72 bits per heavy atom. The van der Waals surface area contributed by atoms with E-state index in [1.54, 1.807) is 0 Å². The van der Waals surface area contributed by atoms with Crippen LogP contribution in [0.3, 0.4) is 0 Å². The van der Waals surface area contributed by atoms with Gasteiger partial charge in [0.05, 0.1) is 12.2 Å². The Kier molecular flexibility index (Phi) is 4.55. The second-order valence-electron chi connectivity index (χ2n) is 6.17. The van der Waals surface area contributed by atoms with Crippen LogP contribution in [0.1, 0.15) is 18.5 Å². The Hall–Kier alpha value is -2.95. The first-order chi connectivity index (χ1) is 12.4. The molecule has 0 spiro atoms. The summed E-state index contributed by atoms with van der Waals surface area (Å²) in [7, 11) is 0. The van der Waals surface area contributed by atoms with Crippen molar-refractivity contribution >= 4 is 11.6 Å². The summed E-state index contributed by atoms with van der Waals surface area (Å²) in [5, 5.41) is 3.39. The second kappa shape index (κ2) is 7.30. The summed E-state index contributed by atoms with van der Waals surface area (Å²) in [6, 6.07) is 18.1. The van der Waals surface area contributed by atoms with Crippen LogP contribution in [0.4, 0.5) is 11.6 Å². The van der Waals surface area contributed by atoms with Gasteiger partial charge in [-0.25, -0.2) is 9.97 Å². The fraction of sp³-hybridized carbons (Fsp3) is 0.250. The molecule has 0 unspecified atom stereocenters. The van der Waals surface area contributed by atoms with Crippen molar-refractivity contribution in [2.75, 3.05) is 23.3 Å². The van der Waals surface area contributed by atoms with Crippen LogP contribution >= 0.6 is 0 Å². The molecule has 0 bridgehead atoms. The first-order valence-electron chi connectivity index (χ1n) is 8.72. The standard InChI is InChI=1S/C20H21N5/c1-2-8-16(9-3-1)20-23-18(22-15-17-10-4-5-11-21-17)14-19(24-20)25-12-6-7-13-25/h1-5,8-11,14H,6-7,12-13,15H2,(H,22,23,24). The van der Waals surface area contributed by atoms with E-state index in [2.05, 4.69) is 15.2 Å². The van der Waals surface area contributed by atoms with E-state index in [1.807, 2.05) is 60.8 Å². The molecule has 0 aliphatic carbocycles. The molecule has 2 aromatic heterocycles. The molecule has 5 heteroatoms. The maximum absolute atomic E-state index is 4.80. The normalized spacial score (nSPS) is 13.8. The quantitative estimate of drug-likeness (QED) is 0.771. The number of benzene rings is 1. The van der Waals surface area contributed by atoms with Gasteiger partial charge in [-0.15, -0.1) is 0 Å². The number of nitrogens with one attached hydrogen (secondary N) is 1. The highest BCUT2D eigenvalue weighted by Gasteiger charge is 2.16. The maximum atomic E-state index is 4.80. The van der Waals surface area contributed by atoms with Crippen LogP contribution in [-0.4, -0.2) is 28.0 Å². The lowest BCUT2D eigenvalue weighted by Crippen LogP contribution is -2.20. The Bertz CT molecular complexity index is 814. The first-order valence-corrected chi connectivity index (χ1v) is 8.72. The van der Waals surface area contributed by atoms with E-state index >= 15 is 0 Å². The third-order valence-electron chi connectivity index (χ3n) is 4.35. The van der Waals surface area contributed by atoms with Gasteiger partial charge in [-0.1, -0.05) is 36.4 Å². The predicted octanol–water partition coefficient (Wildman–Crippen LogP) is 3.75. The minimum absolute atomic E-state index is 0.644. The Morgan fingerprint density at radius 3 is 2.48 bits per heavy atom. The minimum atomic E-state index is 0.644. The zero-order valence-electron chi connectivity index (χ0n) is 14.1. The molecule has 1 N–H and O–H groups in total. The predicted molar refractivity (Wildman–Crippen MR) is 100 cm³/mol. The monoisotopic (exact) mass is 331 g/mol. The zero-order valence-corrected chi connectivity index (χ0v) is 14.1. The number of rotatable bonds is 5. The number of anilines is 2. The summed E-state index contributed by atoms with van der Waals surface area (Å²) in [5.74, 6) is 2.59. The van der Waals surface area contributed by atoms with Crippen molar-refractivity contribution in [2.45, 2.75) is 19.4 Å². The molecule has 5 nitrogen and oxygen atoms in total. The van der Waals surface area contributed by atoms with E-state index in [-0.39, 0.29) is 0 Å².